The van der Waals surface area contributed by atoms with Gasteiger partial charge in [-0.2, -0.15) is 0 Å². The van der Waals surface area contributed by atoms with E-state index in [1.54, 1.807) is 0 Å². The van der Waals surface area contributed by atoms with Gasteiger partial charge in [0.1, 0.15) is 0 Å². The molecule has 0 aromatic heterocycles. The number of hydrogen-bond donors (Lipinski definition) is 1. The zero-order valence-corrected chi connectivity index (χ0v) is 34.0. The van der Waals surface area contributed by atoms with Crippen LogP contribution in [0.2, 0.25) is 6.04 Å². The average Bonchev–Trinajstić information content (AvgIpc) is 3.08. The Morgan fingerprint density at radius 3 is 0.787 bits per heavy atom. The second-order valence-corrected chi connectivity index (χ2v) is 17.7. The molecule has 0 fully saturated rings. The summed E-state index contributed by atoms with van der Waals surface area (Å²) in [5.74, 6) is 0.365. The highest BCUT2D eigenvalue weighted by molar-refractivity contribution is 6.60. The normalized spacial score (nSPS) is 12.7. The van der Waals surface area contributed by atoms with Gasteiger partial charge in [0.05, 0.1) is 0 Å². The van der Waals surface area contributed by atoms with Crippen LogP contribution in [0.1, 0.15) is 233 Å². The first-order valence-corrected chi connectivity index (χ1v) is 23.7. The van der Waals surface area contributed by atoms with Gasteiger partial charge >= 0.3 is 8.80 Å². The molecule has 0 saturated heterocycles. The van der Waals surface area contributed by atoms with E-state index >= 15 is 0 Å². The summed E-state index contributed by atoms with van der Waals surface area (Å²) in [5, 5.41) is 0. The Labute approximate surface area is 298 Å². The van der Waals surface area contributed by atoms with Gasteiger partial charge in [-0.15, -0.1) is 0 Å². The minimum absolute atomic E-state index is 0.365. The fourth-order valence-corrected chi connectivity index (χ4v) is 9.61. The van der Waals surface area contributed by atoms with Gasteiger partial charge in [0.25, 0.3) is 0 Å². The van der Waals surface area contributed by atoms with Crippen LogP contribution in [0.25, 0.3) is 0 Å². The van der Waals surface area contributed by atoms with Crippen molar-refractivity contribution in [1.82, 2.24) is 0 Å². The summed E-state index contributed by atoms with van der Waals surface area (Å²) in [6, 6.07) is 0.858. The minimum atomic E-state index is -2.75. The SMILES string of the molecule is CCCCCCCCCCCCCCO[Si](CC(C)CN)(OCCCCCCCCCCCC)OCCCCCCCCCCCC. The van der Waals surface area contributed by atoms with Gasteiger partial charge in [0.15, 0.2) is 0 Å². The monoisotopic (exact) mass is 684 g/mol. The van der Waals surface area contributed by atoms with Crippen LogP contribution >= 0.6 is 0 Å². The number of hydrogen-bond acceptors (Lipinski definition) is 4. The fraction of sp³-hybridized carbons (Fsp3) is 1.00. The summed E-state index contributed by atoms with van der Waals surface area (Å²) in [6.07, 6.45) is 43.2. The second kappa shape index (κ2) is 38.9. The summed E-state index contributed by atoms with van der Waals surface area (Å²) in [7, 11) is -2.75. The van der Waals surface area contributed by atoms with Crippen LogP contribution in [0.5, 0.6) is 0 Å². The van der Waals surface area contributed by atoms with E-state index < -0.39 is 8.80 Å². The van der Waals surface area contributed by atoms with E-state index in [1.165, 1.54) is 186 Å². The topological polar surface area (TPSA) is 53.7 Å². The zero-order valence-electron chi connectivity index (χ0n) is 33.0. The first-order valence-electron chi connectivity index (χ1n) is 21.8. The number of nitrogens with two attached hydrogens (primary N) is 1. The van der Waals surface area contributed by atoms with Crippen molar-refractivity contribution in [2.45, 2.75) is 239 Å². The Morgan fingerprint density at radius 1 is 0.362 bits per heavy atom. The first kappa shape index (κ1) is 47.1. The molecule has 1 unspecified atom stereocenters. The molecule has 0 aliphatic heterocycles. The van der Waals surface area contributed by atoms with Crippen molar-refractivity contribution in [3.05, 3.63) is 0 Å². The van der Waals surface area contributed by atoms with Crippen molar-refractivity contribution in [1.29, 1.82) is 0 Å². The van der Waals surface area contributed by atoms with Gasteiger partial charge in [-0.1, -0.05) is 214 Å². The molecule has 0 aliphatic carbocycles. The lowest BCUT2D eigenvalue weighted by Gasteiger charge is -2.32. The summed E-state index contributed by atoms with van der Waals surface area (Å²) in [6.45, 7) is 12.1. The molecule has 2 N–H and O–H groups in total. The van der Waals surface area contributed by atoms with Gasteiger partial charge in [-0.3, -0.25) is 0 Å². The highest BCUT2D eigenvalue weighted by atomic mass is 28.4. The van der Waals surface area contributed by atoms with Crippen molar-refractivity contribution in [2.75, 3.05) is 26.4 Å². The number of unbranched alkanes of at least 4 members (excludes halogenated alkanes) is 29. The smallest absolute Gasteiger partial charge is 0.373 e. The van der Waals surface area contributed by atoms with E-state index in [2.05, 4.69) is 27.7 Å². The molecule has 0 aliphatic rings. The Morgan fingerprint density at radius 2 is 0.574 bits per heavy atom. The lowest BCUT2D eigenvalue weighted by atomic mass is 10.1. The van der Waals surface area contributed by atoms with E-state index in [1.807, 2.05) is 0 Å². The molecule has 0 saturated carbocycles. The summed E-state index contributed by atoms with van der Waals surface area (Å²) >= 11 is 0. The van der Waals surface area contributed by atoms with E-state index in [0.717, 1.165) is 45.1 Å². The van der Waals surface area contributed by atoms with Crippen molar-refractivity contribution in [2.24, 2.45) is 11.7 Å². The Balaban J connectivity index is 4.58. The van der Waals surface area contributed by atoms with E-state index in [0.29, 0.717) is 12.5 Å². The van der Waals surface area contributed by atoms with Gasteiger partial charge in [-0.05, 0) is 31.7 Å². The van der Waals surface area contributed by atoms with E-state index in [4.69, 9.17) is 19.0 Å². The Bertz CT molecular complexity index is 552. The lowest BCUT2D eigenvalue weighted by molar-refractivity contribution is 0.0521. The third-order valence-electron chi connectivity index (χ3n) is 9.96. The molecule has 0 aromatic rings. The molecule has 1 atom stereocenters. The molecule has 47 heavy (non-hydrogen) atoms. The van der Waals surface area contributed by atoms with Crippen molar-refractivity contribution < 1.29 is 13.3 Å². The van der Waals surface area contributed by atoms with Gasteiger partial charge in [0.2, 0.25) is 0 Å². The third kappa shape index (κ3) is 34.3. The van der Waals surface area contributed by atoms with Gasteiger partial charge in [0, 0.05) is 25.9 Å². The third-order valence-corrected chi connectivity index (χ3v) is 13.1. The maximum absolute atomic E-state index is 6.72. The molecule has 0 amide bonds. The highest BCUT2D eigenvalue weighted by Gasteiger charge is 2.42. The largest absolute Gasteiger partial charge is 0.501 e. The average molecular weight is 684 g/mol. The molecule has 4 nitrogen and oxygen atoms in total. The molecule has 5 heteroatoms. The molecular weight excluding hydrogens is 595 g/mol. The second-order valence-electron chi connectivity index (χ2n) is 15.0. The summed E-state index contributed by atoms with van der Waals surface area (Å²) in [4.78, 5) is 0. The van der Waals surface area contributed by atoms with Crippen LogP contribution in [0.15, 0.2) is 0 Å². The molecule has 0 bridgehead atoms. The molecule has 0 spiro atoms. The highest BCUT2D eigenvalue weighted by Crippen LogP contribution is 2.24. The van der Waals surface area contributed by atoms with Gasteiger partial charge in [-0.25, -0.2) is 0 Å². The first-order chi connectivity index (χ1) is 23.1. The molecule has 0 radical (unpaired) electrons. The van der Waals surface area contributed by atoms with Crippen LogP contribution in [-0.4, -0.2) is 35.2 Å². The number of rotatable bonds is 41. The minimum Gasteiger partial charge on any atom is -0.373 e. The summed E-state index contributed by atoms with van der Waals surface area (Å²) in [5.41, 5.74) is 6.13. The summed E-state index contributed by atoms with van der Waals surface area (Å²) < 4.78 is 20.1. The van der Waals surface area contributed by atoms with Crippen LogP contribution in [-0.2, 0) is 13.3 Å². The lowest BCUT2D eigenvalue weighted by Crippen LogP contribution is -2.48. The molecule has 284 valence electrons. The fourth-order valence-electron chi connectivity index (χ4n) is 6.62. The van der Waals surface area contributed by atoms with Crippen molar-refractivity contribution in [3.63, 3.8) is 0 Å². The Hall–Kier alpha value is 0.0569. The predicted octanol–water partition coefficient (Wildman–Crippen LogP) is 14.1. The molecular formula is C42H89NO3Si. The van der Waals surface area contributed by atoms with Crippen LogP contribution in [0.4, 0.5) is 0 Å². The van der Waals surface area contributed by atoms with E-state index in [9.17, 15) is 0 Å². The van der Waals surface area contributed by atoms with Crippen molar-refractivity contribution in [3.8, 4) is 0 Å². The van der Waals surface area contributed by atoms with Crippen molar-refractivity contribution >= 4 is 8.80 Å². The van der Waals surface area contributed by atoms with Crippen LogP contribution in [0, 0.1) is 5.92 Å². The van der Waals surface area contributed by atoms with Gasteiger partial charge < -0.3 is 19.0 Å². The molecule has 0 aromatic carbocycles. The molecule has 0 heterocycles. The molecule has 0 rings (SSSR count). The standard InChI is InChI=1S/C42H89NO3Si/c1-5-8-11-14-17-20-23-24-27-30-33-36-39-46-47(41-42(4)40-43,44-37-34-31-28-25-21-18-15-12-9-6-2)45-38-35-32-29-26-22-19-16-13-10-7-3/h42H,5-41,43H2,1-4H3. The van der Waals surface area contributed by atoms with Crippen LogP contribution in [0.3, 0.4) is 0 Å². The maximum Gasteiger partial charge on any atom is 0.501 e. The Kier molecular flexibility index (Phi) is 38.9. The van der Waals surface area contributed by atoms with E-state index in [-0.39, 0.29) is 0 Å². The zero-order chi connectivity index (χ0) is 34.4. The predicted molar refractivity (Wildman–Crippen MR) is 211 cm³/mol. The maximum atomic E-state index is 6.72. The van der Waals surface area contributed by atoms with Crippen LogP contribution < -0.4 is 5.73 Å². The quantitative estimate of drug-likeness (QED) is 0.0515.